The topological polar surface area (TPSA) is 24.7 Å². The van der Waals surface area contributed by atoms with Gasteiger partial charge < -0.3 is 0 Å². The monoisotopic (exact) mass is 108 g/mol. The van der Waals surface area contributed by atoms with Crippen molar-refractivity contribution in [3.8, 4) is 0 Å². The Hall–Kier alpha value is -0.660. The number of aliphatic imine (C=N–C) groups is 2. The van der Waals surface area contributed by atoms with Crippen molar-refractivity contribution < 1.29 is 0 Å². The molecular weight excluding hydrogens is 100 g/mol. The maximum absolute atomic E-state index is 3.87. The summed E-state index contributed by atoms with van der Waals surface area (Å²) in [7, 11) is 0. The Morgan fingerprint density at radius 1 is 1.75 bits per heavy atom. The van der Waals surface area contributed by atoms with Gasteiger partial charge in [-0.3, -0.25) is 4.99 Å². The summed E-state index contributed by atoms with van der Waals surface area (Å²) in [5, 5.41) is 0. The van der Waals surface area contributed by atoms with Crippen LogP contribution in [0.15, 0.2) is 9.98 Å². The van der Waals surface area contributed by atoms with E-state index in [2.05, 4.69) is 23.6 Å². The van der Waals surface area contributed by atoms with Gasteiger partial charge in [-0.1, -0.05) is 13.3 Å². The molecule has 0 bridgehead atoms. The van der Waals surface area contributed by atoms with Crippen molar-refractivity contribution in [1.82, 2.24) is 0 Å². The lowest BCUT2D eigenvalue weighted by Gasteiger charge is -1.86. The summed E-state index contributed by atoms with van der Waals surface area (Å²) in [5.74, 6) is 0. The van der Waals surface area contributed by atoms with Crippen molar-refractivity contribution in [2.24, 2.45) is 9.98 Å². The van der Waals surface area contributed by atoms with Crippen LogP contribution >= 0.6 is 0 Å². The fourth-order valence-electron chi connectivity index (χ4n) is 0.602. The standard InChI is InChI=1S/C6H8N2/c1-2-3-6-4-7-5-8-6/h4H,2-3H2,1H3. The second kappa shape index (κ2) is 2.60. The Kier molecular flexibility index (Phi) is 1.78. The number of rotatable bonds is 2. The van der Waals surface area contributed by atoms with Crippen LogP contribution in [0.4, 0.5) is 0 Å². The van der Waals surface area contributed by atoms with E-state index in [0.717, 1.165) is 18.6 Å². The zero-order chi connectivity index (χ0) is 5.82. The van der Waals surface area contributed by atoms with Crippen LogP contribution in [0, 0.1) is 6.67 Å². The Labute approximate surface area is 49.3 Å². The van der Waals surface area contributed by atoms with Gasteiger partial charge in [0.15, 0.2) is 0 Å². The van der Waals surface area contributed by atoms with E-state index in [0.29, 0.717) is 0 Å². The summed E-state index contributed by atoms with van der Waals surface area (Å²) in [5.41, 5.74) is 1.05. The largest absolute Gasteiger partial charge is 0.252 e. The third-order valence-corrected chi connectivity index (χ3v) is 0.971. The van der Waals surface area contributed by atoms with E-state index >= 15 is 0 Å². The van der Waals surface area contributed by atoms with Crippen LogP contribution in [0.25, 0.3) is 0 Å². The second-order valence-corrected chi connectivity index (χ2v) is 1.71. The van der Waals surface area contributed by atoms with Crippen LogP contribution in [0.3, 0.4) is 0 Å². The Morgan fingerprint density at radius 3 is 3.12 bits per heavy atom. The van der Waals surface area contributed by atoms with Gasteiger partial charge in [0.1, 0.15) is 0 Å². The molecular formula is C6H8N2. The molecule has 0 aromatic carbocycles. The molecule has 1 aliphatic heterocycles. The minimum absolute atomic E-state index is 1.02. The van der Waals surface area contributed by atoms with E-state index in [4.69, 9.17) is 0 Å². The SMILES string of the molecule is CCCC1=N[C]N=C1. The highest BCUT2D eigenvalue weighted by Gasteiger charge is 1.97. The van der Waals surface area contributed by atoms with Crippen molar-refractivity contribution >= 4 is 11.9 Å². The summed E-state index contributed by atoms with van der Waals surface area (Å²) in [6.45, 7) is 4.63. The van der Waals surface area contributed by atoms with Crippen LogP contribution in [-0.2, 0) is 0 Å². The quantitative estimate of drug-likeness (QED) is 0.509. The Bertz CT molecular complexity index is 124. The van der Waals surface area contributed by atoms with Gasteiger partial charge in [0, 0.05) is 6.21 Å². The van der Waals surface area contributed by atoms with Gasteiger partial charge in [0.2, 0.25) is 6.67 Å². The molecule has 1 aliphatic rings. The first kappa shape index (κ1) is 5.48. The summed E-state index contributed by atoms with van der Waals surface area (Å²) in [6.07, 6.45) is 3.91. The first-order valence-corrected chi connectivity index (χ1v) is 2.78. The smallest absolute Gasteiger partial charge is 0.250 e. The molecule has 2 nitrogen and oxygen atoms in total. The zero-order valence-electron chi connectivity index (χ0n) is 4.89. The highest BCUT2D eigenvalue weighted by Crippen LogP contribution is 1.98. The number of hydrogen-bond acceptors (Lipinski definition) is 2. The zero-order valence-corrected chi connectivity index (χ0v) is 4.89. The minimum Gasteiger partial charge on any atom is -0.252 e. The van der Waals surface area contributed by atoms with E-state index in [1.807, 2.05) is 0 Å². The van der Waals surface area contributed by atoms with Crippen molar-refractivity contribution in [1.29, 1.82) is 0 Å². The van der Waals surface area contributed by atoms with Gasteiger partial charge in [-0.15, -0.1) is 0 Å². The average molecular weight is 108 g/mol. The lowest BCUT2D eigenvalue weighted by molar-refractivity contribution is 1.00. The highest BCUT2D eigenvalue weighted by atomic mass is 15.0. The maximum Gasteiger partial charge on any atom is 0.250 e. The van der Waals surface area contributed by atoms with E-state index in [9.17, 15) is 0 Å². The molecule has 0 atom stereocenters. The summed E-state index contributed by atoms with van der Waals surface area (Å²) in [4.78, 5) is 7.57. The third-order valence-electron chi connectivity index (χ3n) is 0.971. The fourth-order valence-corrected chi connectivity index (χ4v) is 0.602. The van der Waals surface area contributed by atoms with Gasteiger partial charge in [-0.25, -0.2) is 4.99 Å². The molecule has 2 heteroatoms. The normalized spacial score (nSPS) is 16.9. The molecule has 0 aromatic rings. The predicted octanol–water partition coefficient (Wildman–Crippen LogP) is 1.31. The van der Waals surface area contributed by atoms with Crippen molar-refractivity contribution in [2.75, 3.05) is 0 Å². The minimum atomic E-state index is 1.02. The summed E-state index contributed by atoms with van der Waals surface area (Å²) >= 11 is 0. The number of hydrogen-bond donors (Lipinski definition) is 0. The lowest BCUT2D eigenvalue weighted by atomic mass is 10.2. The van der Waals surface area contributed by atoms with Gasteiger partial charge in [0.25, 0.3) is 0 Å². The Balaban J connectivity index is 2.34. The van der Waals surface area contributed by atoms with Crippen molar-refractivity contribution in [3.63, 3.8) is 0 Å². The van der Waals surface area contributed by atoms with E-state index in [1.54, 1.807) is 6.21 Å². The van der Waals surface area contributed by atoms with Crippen molar-refractivity contribution in [3.05, 3.63) is 6.67 Å². The van der Waals surface area contributed by atoms with Gasteiger partial charge in [-0.2, -0.15) is 0 Å². The molecule has 0 aliphatic carbocycles. The fraction of sp³-hybridized carbons (Fsp3) is 0.500. The van der Waals surface area contributed by atoms with Gasteiger partial charge in [0.05, 0.1) is 5.71 Å². The van der Waals surface area contributed by atoms with Crippen molar-refractivity contribution in [2.45, 2.75) is 19.8 Å². The van der Waals surface area contributed by atoms with E-state index in [1.165, 1.54) is 0 Å². The number of nitrogens with zero attached hydrogens (tertiary/aromatic N) is 2. The van der Waals surface area contributed by atoms with E-state index in [-0.39, 0.29) is 0 Å². The van der Waals surface area contributed by atoms with E-state index < -0.39 is 0 Å². The molecule has 0 spiro atoms. The van der Waals surface area contributed by atoms with Crippen LogP contribution in [-0.4, -0.2) is 11.9 Å². The maximum atomic E-state index is 3.87. The molecule has 2 radical (unpaired) electrons. The molecule has 0 amide bonds. The third kappa shape index (κ3) is 1.15. The molecule has 0 aromatic heterocycles. The van der Waals surface area contributed by atoms with Gasteiger partial charge >= 0.3 is 0 Å². The highest BCUT2D eigenvalue weighted by molar-refractivity contribution is 6.31. The summed E-state index contributed by atoms with van der Waals surface area (Å²) < 4.78 is 0. The Morgan fingerprint density at radius 2 is 2.62 bits per heavy atom. The van der Waals surface area contributed by atoms with Crippen LogP contribution in [0.2, 0.25) is 0 Å². The molecule has 8 heavy (non-hydrogen) atoms. The van der Waals surface area contributed by atoms with Crippen LogP contribution in [0.5, 0.6) is 0 Å². The molecule has 0 saturated heterocycles. The van der Waals surface area contributed by atoms with Crippen LogP contribution in [0.1, 0.15) is 19.8 Å². The second-order valence-electron chi connectivity index (χ2n) is 1.71. The molecule has 0 saturated carbocycles. The molecule has 1 rings (SSSR count). The van der Waals surface area contributed by atoms with Crippen LogP contribution < -0.4 is 0 Å². The summed E-state index contributed by atoms with van der Waals surface area (Å²) in [6, 6.07) is 0. The first-order valence-electron chi connectivity index (χ1n) is 2.78. The molecule has 0 N–H and O–H groups in total. The molecule has 0 fully saturated rings. The molecule has 42 valence electrons. The predicted molar refractivity (Wildman–Crippen MR) is 34.1 cm³/mol. The average Bonchev–Trinajstić information content (AvgIpc) is 2.19. The molecule has 0 unspecified atom stereocenters. The lowest BCUT2D eigenvalue weighted by Crippen LogP contribution is -1.93. The molecule has 1 heterocycles. The van der Waals surface area contributed by atoms with Gasteiger partial charge in [-0.05, 0) is 6.42 Å². The first-order chi connectivity index (χ1) is 3.93.